The first-order valence-corrected chi connectivity index (χ1v) is 8.70. The van der Waals surface area contributed by atoms with Crippen molar-refractivity contribution in [2.24, 2.45) is 5.73 Å². The molecule has 23 heavy (non-hydrogen) atoms. The van der Waals surface area contributed by atoms with Crippen LogP contribution >= 0.6 is 11.8 Å². The van der Waals surface area contributed by atoms with E-state index in [4.69, 9.17) is 5.73 Å². The van der Waals surface area contributed by atoms with Crippen LogP contribution in [0.5, 0.6) is 0 Å². The van der Waals surface area contributed by atoms with Crippen molar-refractivity contribution in [2.75, 3.05) is 12.3 Å². The summed E-state index contributed by atoms with van der Waals surface area (Å²) >= 11 is 1.49. The van der Waals surface area contributed by atoms with Crippen molar-refractivity contribution in [2.45, 2.75) is 30.7 Å². The Morgan fingerprint density at radius 2 is 1.74 bits per heavy atom. The van der Waals surface area contributed by atoms with Gasteiger partial charge in [0.2, 0.25) is 5.91 Å². The third-order valence-corrected chi connectivity index (χ3v) is 4.58. The van der Waals surface area contributed by atoms with Crippen molar-refractivity contribution in [3.8, 4) is 0 Å². The number of carbonyl (C=O) groups is 1. The molecule has 0 fully saturated rings. The zero-order valence-corrected chi connectivity index (χ0v) is 14.3. The summed E-state index contributed by atoms with van der Waals surface area (Å²) in [6.07, 6.45) is 3.44. The minimum Gasteiger partial charge on any atom is -0.353 e. The highest BCUT2D eigenvalue weighted by Crippen LogP contribution is 2.18. The first-order chi connectivity index (χ1) is 11.1. The van der Waals surface area contributed by atoms with E-state index in [-0.39, 0.29) is 11.9 Å². The maximum absolute atomic E-state index is 11.9. The molecule has 4 nitrogen and oxygen atoms in total. The Kier molecular flexibility index (Phi) is 6.62. The third-order valence-electron chi connectivity index (χ3n) is 3.57. The molecule has 5 heteroatoms. The Balaban J connectivity index is 1.77. The fourth-order valence-corrected chi connectivity index (χ4v) is 2.82. The molecule has 1 aromatic carbocycles. The van der Waals surface area contributed by atoms with Crippen molar-refractivity contribution < 1.29 is 4.79 Å². The van der Waals surface area contributed by atoms with Gasteiger partial charge in [0.05, 0.1) is 5.75 Å². The number of rotatable bonds is 7. The lowest BCUT2D eigenvalue weighted by atomic mass is 9.99. The second-order valence-corrected chi connectivity index (χ2v) is 6.75. The summed E-state index contributed by atoms with van der Waals surface area (Å²) in [4.78, 5) is 16.9. The Morgan fingerprint density at radius 3 is 2.35 bits per heavy atom. The zero-order chi connectivity index (χ0) is 16.7. The quantitative estimate of drug-likeness (QED) is 0.766. The molecule has 2 aromatic rings. The Bertz CT molecular complexity index is 614. The second kappa shape index (κ2) is 8.70. The molecule has 122 valence electrons. The fraction of sp³-hybridized carbons (Fsp3) is 0.333. The predicted octanol–water partition coefficient (Wildman–Crippen LogP) is 3.11. The average molecular weight is 329 g/mol. The molecule has 1 unspecified atom stereocenters. The van der Waals surface area contributed by atoms with Gasteiger partial charge in [-0.15, -0.1) is 11.8 Å². The van der Waals surface area contributed by atoms with Gasteiger partial charge in [0.15, 0.2) is 0 Å². The average Bonchev–Trinajstić information content (AvgIpc) is 2.58. The van der Waals surface area contributed by atoms with Gasteiger partial charge in [0.25, 0.3) is 0 Å². The minimum atomic E-state index is -0.189. The van der Waals surface area contributed by atoms with Crippen LogP contribution in [0.25, 0.3) is 0 Å². The highest BCUT2D eigenvalue weighted by molar-refractivity contribution is 8.00. The maximum Gasteiger partial charge on any atom is 0.230 e. The summed E-state index contributed by atoms with van der Waals surface area (Å²) < 4.78 is 0. The molecule has 0 saturated carbocycles. The topological polar surface area (TPSA) is 68.0 Å². The first kappa shape index (κ1) is 17.5. The van der Waals surface area contributed by atoms with Crippen LogP contribution in [0.15, 0.2) is 53.7 Å². The molecular formula is C18H23N3OS. The van der Waals surface area contributed by atoms with Gasteiger partial charge in [-0.2, -0.15) is 0 Å². The van der Waals surface area contributed by atoms with Gasteiger partial charge in [-0.05, 0) is 29.2 Å². The molecule has 0 saturated heterocycles. The molecule has 0 aliphatic heterocycles. The lowest BCUT2D eigenvalue weighted by Crippen LogP contribution is -2.33. The number of pyridine rings is 1. The molecule has 3 N–H and O–H groups in total. The van der Waals surface area contributed by atoms with Gasteiger partial charge in [-0.25, -0.2) is 0 Å². The van der Waals surface area contributed by atoms with E-state index < -0.39 is 0 Å². The number of aromatic nitrogens is 1. The number of nitrogens with one attached hydrogen (secondary N) is 1. The van der Waals surface area contributed by atoms with E-state index in [1.165, 1.54) is 17.3 Å². The molecule has 0 bridgehead atoms. The smallest absolute Gasteiger partial charge is 0.230 e. The molecule has 1 atom stereocenters. The summed E-state index contributed by atoms with van der Waals surface area (Å²) in [6, 6.07) is 11.9. The summed E-state index contributed by atoms with van der Waals surface area (Å²) in [7, 11) is 0. The number of thioether (sulfide) groups is 1. The molecule has 0 spiro atoms. The fourth-order valence-electron chi connectivity index (χ4n) is 2.10. The van der Waals surface area contributed by atoms with Crippen molar-refractivity contribution in [3.05, 3.63) is 59.9 Å². The molecular weight excluding hydrogens is 306 g/mol. The third kappa shape index (κ3) is 5.69. The number of amides is 1. The van der Waals surface area contributed by atoms with E-state index in [9.17, 15) is 4.79 Å². The number of nitrogens with two attached hydrogens (primary N) is 1. The summed E-state index contributed by atoms with van der Waals surface area (Å²) in [5, 5.41) is 2.89. The minimum absolute atomic E-state index is 0.0129. The van der Waals surface area contributed by atoms with E-state index in [1.807, 2.05) is 24.3 Å². The Morgan fingerprint density at radius 1 is 1.13 bits per heavy atom. The number of hydrogen-bond acceptors (Lipinski definition) is 4. The molecule has 1 amide bonds. The summed E-state index contributed by atoms with van der Waals surface area (Å²) in [6.45, 7) is 4.77. The molecule has 1 heterocycles. The van der Waals surface area contributed by atoms with E-state index in [2.05, 4.69) is 36.3 Å². The van der Waals surface area contributed by atoms with Crippen LogP contribution in [0.1, 0.15) is 36.9 Å². The highest BCUT2D eigenvalue weighted by Gasteiger charge is 2.09. The largest absolute Gasteiger partial charge is 0.353 e. The van der Waals surface area contributed by atoms with Crippen molar-refractivity contribution in [1.82, 2.24) is 10.3 Å². The van der Waals surface area contributed by atoms with Crippen molar-refractivity contribution >= 4 is 17.7 Å². The lowest BCUT2D eigenvalue weighted by molar-refractivity contribution is -0.118. The highest BCUT2D eigenvalue weighted by atomic mass is 32.2. The van der Waals surface area contributed by atoms with Crippen LogP contribution < -0.4 is 11.1 Å². The monoisotopic (exact) mass is 329 g/mol. The zero-order valence-electron chi connectivity index (χ0n) is 13.5. The predicted molar refractivity (Wildman–Crippen MR) is 95.4 cm³/mol. The van der Waals surface area contributed by atoms with Gasteiger partial charge in [0, 0.05) is 29.9 Å². The van der Waals surface area contributed by atoms with E-state index in [0.29, 0.717) is 18.2 Å². The van der Waals surface area contributed by atoms with Crippen molar-refractivity contribution in [1.29, 1.82) is 0 Å². The van der Waals surface area contributed by atoms with E-state index in [1.54, 1.807) is 12.4 Å². The molecule has 1 aromatic heterocycles. The Hall–Kier alpha value is -1.85. The SMILES string of the molecule is CC(C)c1ccc(C(N)CNC(=O)CSc2ccncc2)cc1. The van der Waals surface area contributed by atoms with Crippen LogP contribution in [-0.4, -0.2) is 23.2 Å². The van der Waals surface area contributed by atoms with Crippen LogP contribution in [0.2, 0.25) is 0 Å². The maximum atomic E-state index is 11.9. The number of hydrogen-bond donors (Lipinski definition) is 2. The number of benzene rings is 1. The Labute approximate surface area is 141 Å². The van der Waals surface area contributed by atoms with Gasteiger partial charge in [-0.1, -0.05) is 38.1 Å². The standard InChI is InChI=1S/C18H23N3OS/c1-13(2)14-3-5-15(6-4-14)17(19)11-21-18(22)12-23-16-7-9-20-10-8-16/h3-10,13,17H,11-12,19H2,1-2H3,(H,21,22). The normalized spacial score (nSPS) is 12.2. The van der Waals surface area contributed by atoms with Crippen LogP contribution in [0.3, 0.4) is 0 Å². The van der Waals surface area contributed by atoms with Gasteiger partial charge < -0.3 is 11.1 Å². The van der Waals surface area contributed by atoms with Gasteiger partial charge in [-0.3, -0.25) is 9.78 Å². The molecule has 0 radical (unpaired) electrons. The van der Waals surface area contributed by atoms with Crippen LogP contribution in [0.4, 0.5) is 0 Å². The van der Waals surface area contributed by atoms with E-state index in [0.717, 1.165) is 10.5 Å². The number of nitrogens with zero attached hydrogens (tertiary/aromatic N) is 1. The molecule has 0 aliphatic rings. The van der Waals surface area contributed by atoms with Gasteiger partial charge in [0.1, 0.15) is 0 Å². The summed E-state index contributed by atoms with van der Waals surface area (Å²) in [5.41, 5.74) is 8.48. The molecule has 2 rings (SSSR count). The van der Waals surface area contributed by atoms with Crippen LogP contribution in [0, 0.1) is 0 Å². The van der Waals surface area contributed by atoms with E-state index >= 15 is 0 Å². The first-order valence-electron chi connectivity index (χ1n) is 7.71. The number of carbonyl (C=O) groups excluding carboxylic acids is 1. The van der Waals surface area contributed by atoms with Crippen molar-refractivity contribution in [3.63, 3.8) is 0 Å². The lowest BCUT2D eigenvalue weighted by Gasteiger charge is -2.14. The van der Waals surface area contributed by atoms with Crippen LogP contribution in [-0.2, 0) is 4.79 Å². The second-order valence-electron chi connectivity index (χ2n) is 5.70. The molecule has 0 aliphatic carbocycles. The summed E-state index contributed by atoms with van der Waals surface area (Å²) in [5.74, 6) is 0.870. The van der Waals surface area contributed by atoms with Gasteiger partial charge >= 0.3 is 0 Å².